The first-order valence-corrected chi connectivity index (χ1v) is 10.3. The molecule has 0 aliphatic carbocycles. The van der Waals surface area contributed by atoms with Crippen molar-refractivity contribution in [3.8, 4) is 0 Å². The number of aliphatic hydroxyl groups is 2. The molecule has 9 heteroatoms. The Bertz CT molecular complexity index is 1010. The number of ether oxygens (including phenoxy) is 1. The maximum Gasteiger partial charge on any atom is 0.188 e. The lowest BCUT2D eigenvalue weighted by atomic mass is 9.96. The van der Waals surface area contributed by atoms with Gasteiger partial charge in [0, 0.05) is 27.0 Å². The largest absolute Gasteiger partial charge is 0.394 e. The average molecular weight is 489 g/mol. The first-order valence-electron chi connectivity index (χ1n) is 8.29. The lowest BCUT2D eigenvalue weighted by Gasteiger charge is -2.13. The molecular formula is C19H16BrClFNO4S. The van der Waals surface area contributed by atoms with Crippen molar-refractivity contribution >= 4 is 54.9 Å². The van der Waals surface area contributed by atoms with Gasteiger partial charge in [-0.15, -0.1) is 11.3 Å². The van der Waals surface area contributed by atoms with Gasteiger partial charge in [-0.25, -0.2) is 9.37 Å². The van der Waals surface area contributed by atoms with Crippen molar-refractivity contribution in [2.75, 3.05) is 19.8 Å². The van der Waals surface area contributed by atoms with Crippen LogP contribution in [-0.4, -0.2) is 46.9 Å². The van der Waals surface area contributed by atoms with Crippen LogP contribution in [0.5, 0.6) is 0 Å². The summed E-state index contributed by atoms with van der Waals surface area (Å²) in [5.41, 5.74) is 2.78. The van der Waals surface area contributed by atoms with Gasteiger partial charge in [0.2, 0.25) is 0 Å². The summed E-state index contributed by atoms with van der Waals surface area (Å²) in [7, 11) is 0. The second-order valence-corrected chi connectivity index (χ2v) is 8.31. The highest BCUT2D eigenvalue weighted by Crippen LogP contribution is 2.31. The number of ketones is 1. The van der Waals surface area contributed by atoms with E-state index in [9.17, 15) is 9.90 Å². The van der Waals surface area contributed by atoms with Crippen LogP contribution in [0.4, 0.5) is 4.39 Å². The summed E-state index contributed by atoms with van der Waals surface area (Å²) in [5.74, 6) is -0.987. The zero-order valence-corrected chi connectivity index (χ0v) is 17.7. The maximum atomic E-state index is 15.2. The molecule has 148 valence electrons. The number of hydrogen-bond donors (Lipinski definition) is 2. The minimum Gasteiger partial charge on any atom is -0.394 e. The quantitative estimate of drug-likeness (QED) is 0.469. The van der Waals surface area contributed by atoms with Crippen LogP contribution >= 0.6 is 38.9 Å². The van der Waals surface area contributed by atoms with Crippen LogP contribution in [0.3, 0.4) is 0 Å². The molecular weight excluding hydrogens is 473 g/mol. The number of rotatable bonds is 8. The third kappa shape index (κ3) is 4.76. The lowest BCUT2D eigenvalue weighted by Crippen LogP contribution is -2.22. The molecule has 1 atom stereocenters. The zero-order valence-electron chi connectivity index (χ0n) is 14.5. The number of Topliss-reactive ketones (excluding diaryl/α,β-unsaturated/α-hetero) is 1. The SMILES string of the molecule is O=C(COCC(O)CO)c1cc2scnc2c(F)c1Cc1ccc(Br)cc1Cl. The minimum atomic E-state index is -1.07. The van der Waals surface area contributed by atoms with E-state index in [1.54, 1.807) is 24.3 Å². The minimum absolute atomic E-state index is 0.117. The van der Waals surface area contributed by atoms with Crippen LogP contribution in [0, 0.1) is 5.82 Å². The highest BCUT2D eigenvalue weighted by atomic mass is 79.9. The van der Waals surface area contributed by atoms with E-state index in [2.05, 4.69) is 20.9 Å². The standard InChI is InChI=1S/C19H16BrClFNO4S/c20-11-2-1-10(15(21)4-11)3-14-13(16(26)8-27-7-12(25)6-24)5-17-19(18(14)22)23-9-28-17/h1-2,4-5,9,12,24-25H,3,6-8H2. The number of carbonyl (C=O) groups is 1. The summed E-state index contributed by atoms with van der Waals surface area (Å²) in [6.45, 7) is -1.01. The topological polar surface area (TPSA) is 79.7 Å². The fourth-order valence-electron chi connectivity index (χ4n) is 2.70. The van der Waals surface area contributed by atoms with Crippen LogP contribution in [0.2, 0.25) is 5.02 Å². The molecule has 1 heterocycles. The summed E-state index contributed by atoms with van der Waals surface area (Å²) in [5, 5.41) is 18.6. The van der Waals surface area contributed by atoms with Crippen LogP contribution in [0.1, 0.15) is 21.5 Å². The van der Waals surface area contributed by atoms with Gasteiger partial charge < -0.3 is 14.9 Å². The Morgan fingerprint density at radius 1 is 1.39 bits per heavy atom. The summed E-state index contributed by atoms with van der Waals surface area (Å²) in [4.78, 5) is 16.7. The van der Waals surface area contributed by atoms with Crippen molar-refractivity contribution in [2.24, 2.45) is 0 Å². The molecule has 0 spiro atoms. The number of hydrogen-bond acceptors (Lipinski definition) is 6. The molecule has 0 saturated carbocycles. The Kier molecular flexibility index (Phi) is 7.14. The van der Waals surface area contributed by atoms with Crippen LogP contribution < -0.4 is 0 Å². The number of aromatic nitrogens is 1. The van der Waals surface area contributed by atoms with Gasteiger partial charge in [-0.1, -0.05) is 33.6 Å². The van der Waals surface area contributed by atoms with E-state index in [4.69, 9.17) is 21.4 Å². The first-order chi connectivity index (χ1) is 13.4. The Hall–Kier alpha value is -1.42. The number of halogens is 3. The number of benzene rings is 2. The van der Waals surface area contributed by atoms with Gasteiger partial charge in [-0.3, -0.25) is 4.79 Å². The first kappa shape index (κ1) is 21.3. The highest BCUT2D eigenvalue weighted by molar-refractivity contribution is 9.10. The summed E-state index contributed by atoms with van der Waals surface area (Å²) in [6, 6.07) is 6.87. The Labute approximate surface area is 177 Å². The molecule has 5 nitrogen and oxygen atoms in total. The van der Waals surface area contributed by atoms with Gasteiger partial charge in [0.1, 0.15) is 18.2 Å². The normalized spacial score (nSPS) is 12.5. The van der Waals surface area contributed by atoms with E-state index in [0.29, 0.717) is 15.3 Å². The second-order valence-electron chi connectivity index (χ2n) is 6.10. The number of nitrogens with zero attached hydrogens (tertiary/aromatic N) is 1. The van der Waals surface area contributed by atoms with Gasteiger partial charge in [-0.05, 0) is 23.8 Å². The molecule has 0 radical (unpaired) electrons. The van der Waals surface area contributed by atoms with Crippen molar-refractivity contribution in [2.45, 2.75) is 12.5 Å². The lowest BCUT2D eigenvalue weighted by molar-refractivity contribution is 0.00894. The molecule has 1 unspecified atom stereocenters. The number of thiazole rings is 1. The smallest absolute Gasteiger partial charge is 0.188 e. The summed E-state index contributed by atoms with van der Waals surface area (Å²) < 4.78 is 21.7. The van der Waals surface area contributed by atoms with Crippen molar-refractivity contribution in [1.29, 1.82) is 0 Å². The Morgan fingerprint density at radius 2 is 2.18 bits per heavy atom. The van der Waals surface area contributed by atoms with Crippen molar-refractivity contribution in [3.05, 3.63) is 61.8 Å². The van der Waals surface area contributed by atoms with Crippen LogP contribution in [-0.2, 0) is 11.2 Å². The number of fused-ring (bicyclic) bond motifs is 1. The van der Waals surface area contributed by atoms with Crippen LogP contribution in [0.15, 0.2) is 34.2 Å². The van der Waals surface area contributed by atoms with E-state index in [0.717, 1.165) is 4.47 Å². The molecule has 0 amide bonds. The van der Waals surface area contributed by atoms with Gasteiger partial charge >= 0.3 is 0 Å². The predicted molar refractivity (Wildman–Crippen MR) is 110 cm³/mol. The molecule has 0 aliphatic rings. The number of carbonyl (C=O) groups excluding carboxylic acids is 1. The van der Waals surface area contributed by atoms with Gasteiger partial charge in [0.05, 0.1) is 23.4 Å². The van der Waals surface area contributed by atoms with Gasteiger partial charge in [0.15, 0.2) is 11.6 Å². The molecule has 3 rings (SSSR count). The third-order valence-corrected chi connectivity index (χ3v) is 5.73. The highest BCUT2D eigenvalue weighted by Gasteiger charge is 2.21. The van der Waals surface area contributed by atoms with Crippen molar-refractivity contribution in [3.63, 3.8) is 0 Å². The van der Waals surface area contributed by atoms with E-state index in [-0.39, 0.29) is 36.3 Å². The molecule has 3 aromatic rings. The monoisotopic (exact) mass is 487 g/mol. The summed E-state index contributed by atoms with van der Waals surface area (Å²) in [6.07, 6.45) is -0.958. The van der Waals surface area contributed by atoms with E-state index in [1.165, 1.54) is 16.8 Å². The fraction of sp³-hybridized carbons (Fsp3) is 0.263. The van der Waals surface area contributed by atoms with E-state index < -0.39 is 24.3 Å². The predicted octanol–water partition coefficient (Wildman–Crippen LogP) is 3.99. The third-order valence-electron chi connectivity index (χ3n) is 4.11. The number of aliphatic hydroxyl groups excluding tert-OH is 2. The zero-order chi connectivity index (χ0) is 20.3. The van der Waals surface area contributed by atoms with Crippen LogP contribution in [0.25, 0.3) is 10.2 Å². The molecule has 2 aromatic carbocycles. The fourth-order valence-corrected chi connectivity index (χ4v) is 4.15. The maximum absolute atomic E-state index is 15.2. The van der Waals surface area contributed by atoms with E-state index >= 15 is 4.39 Å². The average Bonchev–Trinajstić information content (AvgIpc) is 3.14. The molecule has 0 fully saturated rings. The summed E-state index contributed by atoms with van der Waals surface area (Å²) >= 11 is 10.8. The Morgan fingerprint density at radius 3 is 2.89 bits per heavy atom. The van der Waals surface area contributed by atoms with Gasteiger partial charge in [0.25, 0.3) is 0 Å². The molecule has 2 N–H and O–H groups in total. The second kappa shape index (κ2) is 9.39. The van der Waals surface area contributed by atoms with Gasteiger partial charge in [-0.2, -0.15) is 0 Å². The molecule has 1 aromatic heterocycles. The molecule has 0 aliphatic heterocycles. The molecule has 28 heavy (non-hydrogen) atoms. The van der Waals surface area contributed by atoms with E-state index in [1.807, 2.05) is 0 Å². The molecule has 0 saturated heterocycles. The van der Waals surface area contributed by atoms with Crippen molar-refractivity contribution < 1.29 is 24.1 Å². The molecule has 0 bridgehead atoms. The van der Waals surface area contributed by atoms with Crippen molar-refractivity contribution in [1.82, 2.24) is 4.98 Å². The Balaban J connectivity index is 1.96.